The first-order valence-corrected chi connectivity index (χ1v) is 7.30. The smallest absolute Gasteiger partial charge is 0.408 e. The van der Waals surface area contributed by atoms with Gasteiger partial charge in [0.05, 0.1) is 0 Å². The van der Waals surface area contributed by atoms with Crippen LogP contribution in [0.1, 0.15) is 54.4 Å². The van der Waals surface area contributed by atoms with Crippen molar-refractivity contribution in [2.45, 2.75) is 77.6 Å². The summed E-state index contributed by atoms with van der Waals surface area (Å²) in [5.74, 6) is -4.42. The molecule has 128 valence electrons. The molecular formula is C15H25F2NO4. The summed E-state index contributed by atoms with van der Waals surface area (Å²) in [7, 11) is 0. The molecule has 1 saturated carbocycles. The molecule has 0 bridgehead atoms. The molecule has 1 N–H and O–H groups in total. The molecule has 1 aliphatic rings. The summed E-state index contributed by atoms with van der Waals surface area (Å²) in [5, 5.41) is 2.34. The van der Waals surface area contributed by atoms with Gasteiger partial charge in [0.25, 0.3) is 5.92 Å². The minimum Gasteiger partial charge on any atom is -0.458 e. The Morgan fingerprint density at radius 2 is 1.59 bits per heavy atom. The first-order valence-electron chi connectivity index (χ1n) is 7.30. The molecule has 0 aromatic rings. The van der Waals surface area contributed by atoms with Gasteiger partial charge in [0.1, 0.15) is 17.2 Å². The second kappa shape index (κ2) is 6.01. The molecule has 22 heavy (non-hydrogen) atoms. The summed E-state index contributed by atoms with van der Waals surface area (Å²) in [4.78, 5) is 23.9. The van der Waals surface area contributed by atoms with Gasteiger partial charge in [0.2, 0.25) is 0 Å². The molecule has 2 atom stereocenters. The Morgan fingerprint density at radius 1 is 1.14 bits per heavy atom. The van der Waals surface area contributed by atoms with Crippen LogP contribution in [0.3, 0.4) is 0 Å². The summed E-state index contributed by atoms with van der Waals surface area (Å²) in [5.41, 5.74) is -1.51. The molecule has 0 aromatic carbocycles. The fraction of sp³-hybridized carbons (Fsp3) is 0.867. The lowest BCUT2D eigenvalue weighted by Gasteiger charge is -2.26. The summed E-state index contributed by atoms with van der Waals surface area (Å²) >= 11 is 0. The summed E-state index contributed by atoms with van der Waals surface area (Å²) in [6.45, 7) is 10.0. The zero-order valence-electron chi connectivity index (χ0n) is 14.0. The highest BCUT2D eigenvalue weighted by Gasteiger charge is 2.57. The molecule has 1 amide bonds. The maximum atomic E-state index is 13.1. The molecule has 0 heterocycles. The van der Waals surface area contributed by atoms with Gasteiger partial charge in [0, 0.05) is 12.3 Å². The number of nitrogens with one attached hydrogen (secondary N) is 1. The van der Waals surface area contributed by atoms with Gasteiger partial charge in [-0.1, -0.05) is 0 Å². The number of esters is 1. The van der Waals surface area contributed by atoms with Gasteiger partial charge in [-0.05, 0) is 48.0 Å². The third kappa shape index (κ3) is 6.58. The number of carbonyl (C=O) groups excluding carboxylic acids is 2. The molecule has 7 heteroatoms. The van der Waals surface area contributed by atoms with Gasteiger partial charge in [-0.2, -0.15) is 0 Å². The number of carbonyl (C=O) groups is 2. The van der Waals surface area contributed by atoms with Gasteiger partial charge in [-0.3, -0.25) is 0 Å². The second-order valence-corrected chi connectivity index (χ2v) is 7.63. The Hall–Kier alpha value is -1.40. The van der Waals surface area contributed by atoms with Crippen molar-refractivity contribution in [2.75, 3.05) is 0 Å². The number of alkyl halides is 2. The SMILES string of the molecule is CC(C)(C)OC(=O)NC(CC1CC1(F)F)C(=O)OC(C)(C)C. The van der Waals surface area contributed by atoms with Crippen LogP contribution >= 0.6 is 0 Å². The molecule has 2 unspecified atom stereocenters. The van der Waals surface area contributed by atoms with Crippen LogP contribution < -0.4 is 5.32 Å². The number of hydrogen-bond acceptors (Lipinski definition) is 4. The number of rotatable bonds is 4. The van der Waals surface area contributed by atoms with Crippen molar-refractivity contribution in [3.8, 4) is 0 Å². The van der Waals surface area contributed by atoms with Crippen LogP contribution in [0.2, 0.25) is 0 Å². The van der Waals surface area contributed by atoms with Crippen LogP contribution in [-0.4, -0.2) is 35.2 Å². The Labute approximate surface area is 129 Å². The molecule has 0 saturated heterocycles. The molecule has 0 aromatic heterocycles. The van der Waals surface area contributed by atoms with Gasteiger partial charge < -0.3 is 14.8 Å². The van der Waals surface area contributed by atoms with E-state index in [0.29, 0.717) is 0 Å². The average molecular weight is 321 g/mol. The normalized spacial score (nSPS) is 21.7. The van der Waals surface area contributed by atoms with E-state index in [0.717, 1.165) is 0 Å². The van der Waals surface area contributed by atoms with Crippen molar-refractivity contribution in [3.05, 3.63) is 0 Å². The van der Waals surface area contributed by atoms with Crippen molar-refractivity contribution in [1.82, 2.24) is 5.32 Å². The monoisotopic (exact) mass is 321 g/mol. The predicted octanol–water partition coefficient (Wildman–Crippen LogP) is 3.27. The zero-order chi connectivity index (χ0) is 17.3. The predicted molar refractivity (Wildman–Crippen MR) is 76.7 cm³/mol. The number of alkyl carbamates (subject to hydrolysis) is 1. The fourth-order valence-corrected chi connectivity index (χ4v) is 1.85. The largest absolute Gasteiger partial charge is 0.458 e. The van der Waals surface area contributed by atoms with E-state index in [1.807, 2.05) is 0 Å². The van der Waals surface area contributed by atoms with Crippen LogP contribution in [0.4, 0.5) is 13.6 Å². The molecule has 0 spiro atoms. The van der Waals surface area contributed by atoms with E-state index < -0.39 is 41.1 Å². The van der Waals surface area contributed by atoms with Crippen molar-refractivity contribution in [2.24, 2.45) is 5.92 Å². The lowest BCUT2D eigenvalue weighted by atomic mass is 10.1. The van der Waals surface area contributed by atoms with Crippen molar-refractivity contribution >= 4 is 12.1 Å². The molecule has 1 fully saturated rings. The molecule has 0 radical (unpaired) electrons. The fourth-order valence-electron chi connectivity index (χ4n) is 1.85. The zero-order valence-corrected chi connectivity index (χ0v) is 14.0. The standard InChI is InChI=1S/C15H25F2NO4/c1-13(2,3)21-11(19)10(7-9-8-15(9,16)17)18-12(20)22-14(4,5)6/h9-10H,7-8H2,1-6H3,(H,18,20). The molecule has 1 rings (SSSR count). The van der Waals surface area contributed by atoms with E-state index in [9.17, 15) is 18.4 Å². The van der Waals surface area contributed by atoms with Gasteiger partial charge in [0.15, 0.2) is 0 Å². The van der Waals surface area contributed by atoms with Crippen LogP contribution in [0, 0.1) is 5.92 Å². The van der Waals surface area contributed by atoms with Gasteiger partial charge >= 0.3 is 12.1 Å². The van der Waals surface area contributed by atoms with E-state index in [1.165, 1.54) is 0 Å². The maximum absolute atomic E-state index is 13.1. The van der Waals surface area contributed by atoms with Gasteiger partial charge in [-0.15, -0.1) is 0 Å². The quantitative estimate of drug-likeness (QED) is 0.807. The number of amides is 1. The molecule has 0 aliphatic heterocycles. The van der Waals surface area contributed by atoms with Gasteiger partial charge in [-0.25, -0.2) is 18.4 Å². The van der Waals surface area contributed by atoms with Crippen molar-refractivity contribution < 1.29 is 27.8 Å². The highest BCUT2D eigenvalue weighted by atomic mass is 19.3. The van der Waals surface area contributed by atoms with E-state index in [4.69, 9.17) is 9.47 Å². The Kier molecular flexibility index (Phi) is 5.09. The van der Waals surface area contributed by atoms with E-state index in [-0.39, 0.29) is 12.8 Å². The molecule has 5 nitrogen and oxygen atoms in total. The highest BCUT2D eigenvalue weighted by Crippen LogP contribution is 2.51. The van der Waals surface area contributed by atoms with E-state index in [2.05, 4.69) is 5.32 Å². The Balaban J connectivity index is 2.70. The topological polar surface area (TPSA) is 64.6 Å². The van der Waals surface area contributed by atoms with Crippen molar-refractivity contribution in [1.29, 1.82) is 0 Å². The van der Waals surface area contributed by atoms with Crippen LogP contribution in [-0.2, 0) is 14.3 Å². The maximum Gasteiger partial charge on any atom is 0.408 e. The van der Waals surface area contributed by atoms with Crippen molar-refractivity contribution in [3.63, 3.8) is 0 Å². The third-order valence-electron chi connectivity index (χ3n) is 2.86. The second-order valence-electron chi connectivity index (χ2n) is 7.63. The lowest BCUT2D eigenvalue weighted by Crippen LogP contribution is -2.46. The Morgan fingerprint density at radius 3 is 1.95 bits per heavy atom. The lowest BCUT2D eigenvalue weighted by molar-refractivity contribution is -0.157. The Bertz CT molecular complexity index is 438. The minimum absolute atomic E-state index is 0.166. The number of ether oxygens (including phenoxy) is 2. The first kappa shape index (κ1) is 18.6. The van der Waals surface area contributed by atoms with Crippen LogP contribution in [0.15, 0.2) is 0 Å². The average Bonchev–Trinajstić information content (AvgIpc) is 2.79. The highest BCUT2D eigenvalue weighted by molar-refractivity contribution is 5.81. The summed E-state index contributed by atoms with van der Waals surface area (Å²) in [6.07, 6.45) is -1.27. The first-order chi connectivity index (χ1) is 9.70. The number of hydrogen-bond donors (Lipinski definition) is 1. The van der Waals surface area contributed by atoms with Crippen LogP contribution in [0.25, 0.3) is 0 Å². The third-order valence-corrected chi connectivity index (χ3v) is 2.86. The van der Waals surface area contributed by atoms with E-state index in [1.54, 1.807) is 41.5 Å². The minimum atomic E-state index is -2.77. The molecule has 1 aliphatic carbocycles. The molecular weight excluding hydrogens is 296 g/mol. The number of halogens is 2. The van der Waals surface area contributed by atoms with Crippen LogP contribution in [0.5, 0.6) is 0 Å². The summed E-state index contributed by atoms with van der Waals surface area (Å²) < 4.78 is 36.4. The van der Waals surface area contributed by atoms with E-state index >= 15 is 0 Å². The summed E-state index contributed by atoms with van der Waals surface area (Å²) in [6, 6.07) is -1.15.